The predicted octanol–water partition coefficient (Wildman–Crippen LogP) is 7.20. The molecule has 5 nitrogen and oxygen atoms in total. The van der Waals surface area contributed by atoms with Gasteiger partial charge in [-0.1, -0.05) is 67.8 Å². The first-order chi connectivity index (χ1) is 16.8. The molecule has 1 aliphatic carbocycles. The minimum atomic E-state index is -0.829. The van der Waals surface area contributed by atoms with E-state index in [9.17, 15) is 14.7 Å². The van der Waals surface area contributed by atoms with Gasteiger partial charge in [0.15, 0.2) is 0 Å². The van der Waals surface area contributed by atoms with Gasteiger partial charge in [-0.25, -0.2) is 0 Å². The van der Waals surface area contributed by atoms with Crippen molar-refractivity contribution in [3.63, 3.8) is 0 Å². The zero-order chi connectivity index (χ0) is 24.9. The Labute approximate surface area is 211 Å². The zero-order valence-electron chi connectivity index (χ0n) is 20.1. The number of aliphatic carboxylic acids is 1. The normalized spacial score (nSPS) is 15.5. The van der Waals surface area contributed by atoms with E-state index in [0.717, 1.165) is 59.2 Å². The van der Waals surface area contributed by atoms with Gasteiger partial charge in [0.1, 0.15) is 0 Å². The summed E-state index contributed by atoms with van der Waals surface area (Å²) in [6.45, 7) is 3.85. The largest absolute Gasteiger partial charge is 0.481 e. The molecule has 35 heavy (non-hydrogen) atoms. The third-order valence-corrected chi connectivity index (χ3v) is 7.31. The molecule has 1 amide bonds. The number of carboxylic acid groups (broad SMARTS) is 1. The molecule has 2 N–H and O–H groups in total. The maximum absolute atomic E-state index is 13.7. The van der Waals surface area contributed by atoms with Crippen molar-refractivity contribution in [2.75, 3.05) is 5.32 Å². The quantitative estimate of drug-likeness (QED) is 0.350. The van der Waals surface area contributed by atoms with Gasteiger partial charge in [-0.2, -0.15) is 0 Å². The summed E-state index contributed by atoms with van der Waals surface area (Å²) in [5.74, 6) is -0.931. The molecule has 1 aromatic heterocycles. The molecule has 1 heterocycles. The topological polar surface area (TPSA) is 79.3 Å². The number of anilines is 1. The van der Waals surface area contributed by atoms with Crippen molar-refractivity contribution in [3.8, 4) is 11.1 Å². The fourth-order valence-corrected chi connectivity index (χ4v) is 5.46. The number of halogens is 1. The van der Waals surface area contributed by atoms with Crippen molar-refractivity contribution < 1.29 is 14.7 Å². The lowest BCUT2D eigenvalue weighted by atomic mass is 9.83. The molecule has 1 fully saturated rings. The van der Waals surface area contributed by atoms with Crippen LogP contribution in [-0.4, -0.2) is 22.0 Å². The smallest absolute Gasteiger partial charge is 0.303 e. The SMILES string of the molecule is Cc1c(NC(=O)[C@H](c2ccc(-c3cncc(Cl)c3)cc2)C2CCCC2)cccc1[C@H](C)CC(=O)O. The molecule has 0 spiro atoms. The average molecular weight is 491 g/mol. The number of nitrogens with one attached hydrogen (secondary N) is 1. The molecule has 2 aromatic carbocycles. The lowest BCUT2D eigenvalue weighted by Crippen LogP contribution is -2.27. The van der Waals surface area contributed by atoms with Crippen molar-refractivity contribution >= 4 is 29.2 Å². The fraction of sp³-hybridized carbons (Fsp3) is 0.345. The first-order valence-electron chi connectivity index (χ1n) is 12.2. The van der Waals surface area contributed by atoms with Crippen molar-refractivity contribution in [1.29, 1.82) is 0 Å². The van der Waals surface area contributed by atoms with Gasteiger partial charge >= 0.3 is 5.97 Å². The van der Waals surface area contributed by atoms with Gasteiger partial charge < -0.3 is 10.4 Å². The molecule has 182 valence electrons. The van der Waals surface area contributed by atoms with Crippen LogP contribution in [0.15, 0.2) is 60.9 Å². The highest BCUT2D eigenvalue weighted by Crippen LogP contribution is 2.39. The Kier molecular flexibility index (Phi) is 7.86. The minimum absolute atomic E-state index is 0.0137. The molecule has 6 heteroatoms. The number of benzene rings is 2. The van der Waals surface area contributed by atoms with Crippen molar-refractivity contribution in [3.05, 3.63) is 82.6 Å². The summed E-state index contributed by atoms with van der Waals surface area (Å²) < 4.78 is 0. The molecule has 3 aromatic rings. The van der Waals surface area contributed by atoms with Crippen LogP contribution in [0.1, 0.15) is 67.6 Å². The highest BCUT2D eigenvalue weighted by Gasteiger charge is 2.32. The third-order valence-electron chi connectivity index (χ3n) is 7.11. The number of pyridine rings is 1. The first kappa shape index (κ1) is 24.9. The Morgan fingerprint density at radius 2 is 1.80 bits per heavy atom. The van der Waals surface area contributed by atoms with Crippen LogP contribution in [0.3, 0.4) is 0 Å². The number of rotatable bonds is 8. The highest BCUT2D eigenvalue weighted by atomic mass is 35.5. The lowest BCUT2D eigenvalue weighted by Gasteiger charge is -2.25. The molecular weight excluding hydrogens is 460 g/mol. The summed E-state index contributed by atoms with van der Waals surface area (Å²) in [7, 11) is 0. The van der Waals surface area contributed by atoms with E-state index in [1.54, 1.807) is 12.4 Å². The van der Waals surface area contributed by atoms with E-state index in [-0.39, 0.29) is 24.2 Å². The molecule has 0 radical (unpaired) electrons. The summed E-state index contributed by atoms with van der Waals surface area (Å²) in [6, 6.07) is 15.7. The number of hydrogen-bond donors (Lipinski definition) is 2. The van der Waals surface area contributed by atoms with Crippen molar-refractivity contribution in [2.45, 2.75) is 57.8 Å². The van der Waals surface area contributed by atoms with Gasteiger partial charge in [0.05, 0.1) is 17.4 Å². The summed E-state index contributed by atoms with van der Waals surface area (Å²) in [6.07, 6.45) is 7.79. The number of carbonyl (C=O) groups is 2. The highest BCUT2D eigenvalue weighted by molar-refractivity contribution is 6.30. The second-order valence-corrected chi connectivity index (χ2v) is 9.98. The maximum atomic E-state index is 13.7. The second-order valence-electron chi connectivity index (χ2n) is 9.54. The number of carbonyl (C=O) groups excluding carboxylic acids is 1. The van der Waals surface area contributed by atoms with E-state index in [4.69, 9.17) is 11.6 Å². The molecule has 0 unspecified atom stereocenters. The monoisotopic (exact) mass is 490 g/mol. The van der Waals surface area contributed by atoms with Gasteiger partial charge in [0, 0.05) is 23.6 Å². The van der Waals surface area contributed by atoms with Crippen LogP contribution in [0.4, 0.5) is 5.69 Å². The van der Waals surface area contributed by atoms with E-state index in [2.05, 4.69) is 10.3 Å². The molecule has 4 rings (SSSR count). The van der Waals surface area contributed by atoms with E-state index in [1.807, 2.05) is 62.4 Å². The summed E-state index contributed by atoms with van der Waals surface area (Å²) in [5.41, 5.74) is 5.56. The number of hydrogen-bond acceptors (Lipinski definition) is 3. The summed E-state index contributed by atoms with van der Waals surface area (Å²) in [5, 5.41) is 13.0. The standard InChI is InChI=1S/C29H31ClN2O3/c1-18(14-27(33)34)25-8-5-9-26(19(25)2)32-29(35)28(21-6-3-4-7-21)22-12-10-20(11-13-22)23-15-24(30)17-31-16-23/h5,8-13,15-18,21,28H,3-4,6-7,14H2,1-2H3,(H,32,35)(H,33,34)/t18-,28+/m1/s1. The van der Waals surface area contributed by atoms with Crippen LogP contribution in [0.5, 0.6) is 0 Å². The van der Waals surface area contributed by atoms with Crippen LogP contribution < -0.4 is 5.32 Å². The molecule has 0 saturated heterocycles. The Morgan fingerprint density at radius 1 is 1.09 bits per heavy atom. The van der Waals surface area contributed by atoms with Crippen LogP contribution in [0, 0.1) is 12.8 Å². The number of amides is 1. The van der Waals surface area contributed by atoms with Gasteiger partial charge in [-0.3, -0.25) is 14.6 Å². The number of carboxylic acids is 1. The predicted molar refractivity (Wildman–Crippen MR) is 140 cm³/mol. The van der Waals surface area contributed by atoms with Crippen molar-refractivity contribution in [1.82, 2.24) is 4.98 Å². The Bertz CT molecular complexity index is 1200. The van der Waals surface area contributed by atoms with E-state index < -0.39 is 5.97 Å². The Balaban J connectivity index is 1.60. The van der Waals surface area contributed by atoms with Gasteiger partial charge in [0.25, 0.3) is 0 Å². The first-order valence-corrected chi connectivity index (χ1v) is 12.5. The summed E-state index contributed by atoms with van der Waals surface area (Å²) in [4.78, 5) is 29.1. The van der Waals surface area contributed by atoms with Crippen LogP contribution in [-0.2, 0) is 9.59 Å². The third kappa shape index (κ3) is 5.91. The Hall–Kier alpha value is -3.18. The van der Waals surface area contributed by atoms with Gasteiger partial charge in [0.2, 0.25) is 5.91 Å². The number of aromatic nitrogens is 1. The molecule has 0 aliphatic heterocycles. The maximum Gasteiger partial charge on any atom is 0.303 e. The molecular formula is C29H31ClN2O3. The van der Waals surface area contributed by atoms with Crippen LogP contribution >= 0.6 is 11.6 Å². The van der Waals surface area contributed by atoms with Crippen molar-refractivity contribution in [2.24, 2.45) is 5.92 Å². The van der Waals surface area contributed by atoms with E-state index >= 15 is 0 Å². The van der Waals surface area contributed by atoms with Gasteiger partial charge in [-0.05, 0) is 66.0 Å². The average Bonchev–Trinajstić information content (AvgIpc) is 3.35. The van der Waals surface area contributed by atoms with Crippen LogP contribution in [0.25, 0.3) is 11.1 Å². The van der Waals surface area contributed by atoms with Gasteiger partial charge in [-0.15, -0.1) is 0 Å². The molecule has 2 atom stereocenters. The zero-order valence-corrected chi connectivity index (χ0v) is 20.9. The lowest BCUT2D eigenvalue weighted by molar-refractivity contribution is -0.137. The minimum Gasteiger partial charge on any atom is -0.481 e. The number of nitrogens with zero attached hydrogens (tertiary/aromatic N) is 1. The van der Waals surface area contributed by atoms with Crippen LogP contribution in [0.2, 0.25) is 5.02 Å². The van der Waals surface area contributed by atoms with E-state index in [1.165, 1.54) is 0 Å². The summed E-state index contributed by atoms with van der Waals surface area (Å²) >= 11 is 6.10. The molecule has 1 saturated carbocycles. The molecule has 1 aliphatic rings. The van der Waals surface area contributed by atoms with E-state index in [0.29, 0.717) is 10.9 Å². The molecule has 0 bridgehead atoms. The fourth-order valence-electron chi connectivity index (χ4n) is 5.29. The second kappa shape index (κ2) is 11.0. The Morgan fingerprint density at radius 3 is 2.46 bits per heavy atom.